The van der Waals surface area contributed by atoms with E-state index >= 15 is 0 Å². The fraction of sp³-hybridized carbons (Fsp3) is 0.619. The maximum Gasteiger partial charge on any atom is 0.240 e. The van der Waals surface area contributed by atoms with E-state index < -0.39 is 21.7 Å². The second-order valence-electron chi connectivity index (χ2n) is 9.00. The Morgan fingerprint density at radius 1 is 1.09 bits per heavy atom. The number of hydrogen-bond acceptors (Lipinski definition) is 7. The lowest BCUT2D eigenvalue weighted by molar-refractivity contribution is 0.00425. The topological polar surface area (TPSA) is 88.8 Å². The number of sulfonamides is 1. The van der Waals surface area contributed by atoms with E-state index in [0.29, 0.717) is 62.9 Å². The van der Waals surface area contributed by atoms with Crippen molar-refractivity contribution in [1.82, 2.24) is 19.3 Å². The highest BCUT2D eigenvalue weighted by molar-refractivity contribution is 7.88. The summed E-state index contributed by atoms with van der Waals surface area (Å²) in [4.78, 5) is 6.41. The third-order valence-corrected chi connectivity index (χ3v) is 7.71. The van der Waals surface area contributed by atoms with Crippen LogP contribution in [0.1, 0.15) is 54.8 Å². The average Bonchev–Trinajstić information content (AvgIpc) is 3.46. The minimum atomic E-state index is -3.24. The molecule has 8 nitrogen and oxygen atoms in total. The molecule has 1 aromatic heterocycles. The van der Waals surface area contributed by atoms with Crippen molar-refractivity contribution in [2.75, 3.05) is 32.4 Å². The Balaban J connectivity index is 1.15. The fourth-order valence-corrected chi connectivity index (χ4v) is 5.25. The Hall–Kier alpha value is -2.11. The first kappa shape index (κ1) is 21.7. The number of ether oxygens (including phenoxy) is 1. The molecule has 1 saturated carbocycles. The highest BCUT2D eigenvalue weighted by Crippen LogP contribution is 2.38. The lowest BCUT2D eigenvalue weighted by Gasteiger charge is -2.38. The zero-order valence-corrected chi connectivity index (χ0v) is 18.7. The van der Waals surface area contributed by atoms with E-state index in [0.717, 1.165) is 18.7 Å². The van der Waals surface area contributed by atoms with Gasteiger partial charge in [0, 0.05) is 32.1 Å². The lowest BCUT2D eigenvalue weighted by atomic mass is 9.90. The average molecular weight is 469 g/mol. The third-order valence-electron chi connectivity index (χ3n) is 6.41. The largest absolute Gasteiger partial charge is 0.482 e. The molecular formula is C21H26F2N4O4S. The van der Waals surface area contributed by atoms with Gasteiger partial charge in [-0.05, 0) is 49.3 Å². The van der Waals surface area contributed by atoms with Crippen molar-refractivity contribution in [2.24, 2.45) is 0 Å². The second kappa shape index (κ2) is 8.35. The van der Waals surface area contributed by atoms with Gasteiger partial charge in [-0.15, -0.1) is 0 Å². The molecule has 0 bridgehead atoms. The molecule has 2 saturated heterocycles. The van der Waals surface area contributed by atoms with E-state index in [4.69, 9.17) is 9.26 Å². The third kappa shape index (κ3) is 4.65. The van der Waals surface area contributed by atoms with Crippen LogP contribution in [0.5, 0.6) is 5.75 Å². The summed E-state index contributed by atoms with van der Waals surface area (Å²) in [5, 5.41) is 3.99. The molecule has 0 amide bonds. The van der Waals surface area contributed by atoms with E-state index in [-0.39, 0.29) is 17.8 Å². The summed E-state index contributed by atoms with van der Waals surface area (Å²) in [6, 6.07) is 2.63. The molecule has 11 heteroatoms. The van der Waals surface area contributed by atoms with Gasteiger partial charge in [0.1, 0.15) is 6.10 Å². The molecule has 3 heterocycles. The van der Waals surface area contributed by atoms with E-state index in [2.05, 4.69) is 10.1 Å². The number of rotatable bonds is 7. The van der Waals surface area contributed by atoms with Gasteiger partial charge in [0.2, 0.25) is 15.9 Å². The molecule has 2 aliphatic heterocycles. The minimum absolute atomic E-state index is 0.0832. The summed E-state index contributed by atoms with van der Waals surface area (Å²) >= 11 is 0. The Morgan fingerprint density at radius 2 is 1.75 bits per heavy atom. The van der Waals surface area contributed by atoms with E-state index in [1.54, 1.807) is 0 Å². The molecule has 0 unspecified atom stereocenters. The Kier molecular flexibility index (Phi) is 5.67. The van der Waals surface area contributed by atoms with Crippen molar-refractivity contribution in [3.8, 4) is 5.75 Å². The van der Waals surface area contributed by atoms with Crippen LogP contribution in [-0.2, 0) is 16.6 Å². The molecule has 2 aromatic rings. The minimum Gasteiger partial charge on any atom is -0.482 e. The number of likely N-dealkylation sites (tertiary alicyclic amines) is 1. The summed E-state index contributed by atoms with van der Waals surface area (Å²) in [6.07, 6.45) is 4.13. The first-order valence-electron chi connectivity index (χ1n) is 10.9. The quantitative estimate of drug-likeness (QED) is 0.617. The molecule has 5 rings (SSSR count). The van der Waals surface area contributed by atoms with Gasteiger partial charge in [-0.3, -0.25) is 4.90 Å². The molecular weight excluding hydrogens is 442 g/mol. The standard InChI is InChI=1S/C21H26F2N4O4S/c1-32(28,29)27-6-4-13(5-7-27)15-8-17(22)20(18(23)9-15)30-16-10-26(11-16)12-19-24-21(25-31-19)14-2-3-14/h8-9,13-14,16H,2-7,10-12H2,1H3. The fourth-order valence-electron chi connectivity index (χ4n) is 4.37. The first-order valence-corrected chi connectivity index (χ1v) is 12.8. The summed E-state index contributed by atoms with van der Waals surface area (Å²) < 4.78 is 64.9. The van der Waals surface area contributed by atoms with E-state index in [1.807, 2.05) is 4.90 Å². The molecule has 174 valence electrons. The van der Waals surface area contributed by atoms with Crippen LogP contribution in [0, 0.1) is 11.6 Å². The van der Waals surface area contributed by atoms with Gasteiger partial charge in [-0.2, -0.15) is 4.98 Å². The number of piperidine rings is 1. The predicted molar refractivity (Wildman–Crippen MR) is 111 cm³/mol. The van der Waals surface area contributed by atoms with Crippen LogP contribution in [0.15, 0.2) is 16.7 Å². The molecule has 0 spiro atoms. The number of aromatic nitrogens is 2. The SMILES string of the molecule is CS(=O)(=O)N1CCC(c2cc(F)c(OC3CN(Cc4nc(C5CC5)no4)C3)c(F)c2)CC1. The highest BCUT2D eigenvalue weighted by atomic mass is 32.2. The molecule has 0 N–H and O–H groups in total. The van der Waals surface area contributed by atoms with E-state index in [1.165, 1.54) is 22.7 Å². The van der Waals surface area contributed by atoms with Crippen LogP contribution < -0.4 is 4.74 Å². The van der Waals surface area contributed by atoms with Crippen LogP contribution >= 0.6 is 0 Å². The van der Waals surface area contributed by atoms with Crippen molar-refractivity contribution < 1.29 is 26.5 Å². The van der Waals surface area contributed by atoms with Crippen LogP contribution in [0.25, 0.3) is 0 Å². The van der Waals surface area contributed by atoms with Gasteiger partial charge in [0.15, 0.2) is 23.2 Å². The summed E-state index contributed by atoms with van der Waals surface area (Å²) in [7, 11) is -3.24. The second-order valence-corrected chi connectivity index (χ2v) is 11.0. The molecule has 0 atom stereocenters. The van der Waals surface area contributed by atoms with Crippen molar-refractivity contribution in [3.05, 3.63) is 41.0 Å². The van der Waals surface area contributed by atoms with Gasteiger partial charge in [-0.1, -0.05) is 5.16 Å². The molecule has 0 radical (unpaired) electrons. The predicted octanol–water partition coefficient (Wildman–Crippen LogP) is 2.63. The van der Waals surface area contributed by atoms with Crippen molar-refractivity contribution in [1.29, 1.82) is 0 Å². The summed E-state index contributed by atoms with van der Waals surface area (Å²) in [5.41, 5.74) is 0.540. The van der Waals surface area contributed by atoms with Crippen LogP contribution in [0.2, 0.25) is 0 Å². The Labute approximate surface area is 185 Å². The number of benzene rings is 1. The molecule has 1 aliphatic carbocycles. The normalized spacial score (nSPS) is 21.6. The molecule has 3 fully saturated rings. The van der Waals surface area contributed by atoms with Crippen LogP contribution in [-0.4, -0.2) is 66.3 Å². The van der Waals surface area contributed by atoms with Crippen molar-refractivity contribution in [3.63, 3.8) is 0 Å². The van der Waals surface area contributed by atoms with Gasteiger partial charge in [0.25, 0.3) is 0 Å². The van der Waals surface area contributed by atoms with Gasteiger partial charge < -0.3 is 9.26 Å². The summed E-state index contributed by atoms with van der Waals surface area (Å²) in [6.45, 7) is 2.24. The molecule has 32 heavy (non-hydrogen) atoms. The number of nitrogens with zero attached hydrogens (tertiary/aromatic N) is 4. The number of hydrogen-bond donors (Lipinski definition) is 0. The Morgan fingerprint density at radius 3 is 2.34 bits per heavy atom. The van der Waals surface area contributed by atoms with E-state index in [9.17, 15) is 17.2 Å². The zero-order valence-electron chi connectivity index (χ0n) is 17.8. The first-order chi connectivity index (χ1) is 15.3. The van der Waals surface area contributed by atoms with Crippen molar-refractivity contribution in [2.45, 2.75) is 50.2 Å². The smallest absolute Gasteiger partial charge is 0.240 e. The van der Waals surface area contributed by atoms with Gasteiger partial charge in [-0.25, -0.2) is 21.5 Å². The maximum atomic E-state index is 14.7. The molecule has 1 aromatic carbocycles. The van der Waals surface area contributed by atoms with Crippen LogP contribution in [0.4, 0.5) is 8.78 Å². The summed E-state index contributed by atoms with van der Waals surface area (Å²) in [5.74, 6) is -0.152. The zero-order chi connectivity index (χ0) is 22.5. The maximum absolute atomic E-state index is 14.7. The number of halogens is 2. The van der Waals surface area contributed by atoms with Crippen LogP contribution in [0.3, 0.4) is 0 Å². The van der Waals surface area contributed by atoms with Gasteiger partial charge in [0.05, 0.1) is 12.8 Å². The van der Waals surface area contributed by atoms with Crippen molar-refractivity contribution >= 4 is 10.0 Å². The monoisotopic (exact) mass is 468 g/mol. The van der Waals surface area contributed by atoms with Gasteiger partial charge >= 0.3 is 0 Å². The Bertz CT molecular complexity index is 1070. The lowest BCUT2D eigenvalue weighted by Crippen LogP contribution is -2.53. The molecule has 3 aliphatic rings. The highest BCUT2D eigenvalue weighted by Gasteiger charge is 2.34.